The van der Waals surface area contributed by atoms with Crippen LogP contribution in [-0.2, 0) is 4.79 Å². The molecule has 1 N–H and O–H groups in total. The highest BCUT2D eigenvalue weighted by Crippen LogP contribution is 2.21. The van der Waals surface area contributed by atoms with Crippen LogP contribution in [0, 0.1) is 0 Å². The van der Waals surface area contributed by atoms with Crippen molar-refractivity contribution in [3.8, 4) is 0 Å². The van der Waals surface area contributed by atoms with Crippen LogP contribution in [0.2, 0.25) is 0 Å². The van der Waals surface area contributed by atoms with E-state index in [9.17, 15) is 18.0 Å². The molecule has 6 heteroatoms. The summed E-state index contributed by atoms with van der Waals surface area (Å²) in [5.41, 5.74) is 0. The third-order valence-corrected chi connectivity index (χ3v) is 1.72. The van der Waals surface area contributed by atoms with Gasteiger partial charge in [0.2, 0.25) is 5.91 Å². The second kappa shape index (κ2) is 6.92. The number of carbonyl (C=O) groups is 1. The first-order chi connectivity index (χ1) is 6.45. The van der Waals surface area contributed by atoms with E-state index in [1.54, 1.807) is 0 Å². The highest BCUT2D eigenvalue weighted by molar-refractivity contribution is 6.18. The van der Waals surface area contributed by atoms with E-state index in [2.05, 4.69) is 5.32 Å². The van der Waals surface area contributed by atoms with Crippen molar-refractivity contribution in [2.24, 2.45) is 0 Å². The number of alkyl halides is 4. The third kappa shape index (κ3) is 9.64. The molecule has 0 rings (SSSR count). The molecule has 0 aromatic carbocycles. The monoisotopic (exact) mass is 231 g/mol. The van der Waals surface area contributed by atoms with Gasteiger partial charge < -0.3 is 5.32 Å². The number of amides is 1. The van der Waals surface area contributed by atoms with Crippen LogP contribution in [0.3, 0.4) is 0 Å². The molecule has 0 aromatic rings. The van der Waals surface area contributed by atoms with Crippen LogP contribution in [0.25, 0.3) is 0 Å². The molecule has 0 aliphatic rings. The lowest BCUT2D eigenvalue weighted by Crippen LogP contribution is -2.24. The van der Waals surface area contributed by atoms with Crippen LogP contribution in [0.4, 0.5) is 13.2 Å². The van der Waals surface area contributed by atoms with Crippen molar-refractivity contribution >= 4 is 17.5 Å². The number of carbonyl (C=O) groups excluding carboxylic acids is 1. The van der Waals surface area contributed by atoms with Gasteiger partial charge in [0.15, 0.2) is 0 Å². The maximum Gasteiger partial charge on any atom is 0.389 e. The van der Waals surface area contributed by atoms with Crippen LogP contribution in [0.5, 0.6) is 0 Å². The minimum atomic E-state index is -4.10. The lowest BCUT2D eigenvalue weighted by molar-refractivity contribution is -0.135. The van der Waals surface area contributed by atoms with Crippen molar-refractivity contribution in [3.05, 3.63) is 0 Å². The molecule has 0 fully saturated rings. The van der Waals surface area contributed by atoms with Crippen LogP contribution < -0.4 is 5.32 Å². The Balaban J connectivity index is 3.26. The summed E-state index contributed by atoms with van der Waals surface area (Å²) in [4.78, 5) is 10.8. The minimum absolute atomic E-state index is 0.0463. The summed E-state index contributed by atoms with van der Waals surface area (Å²) >= 11 is 5.29. The summed E-state index contributed by atoms with van der Waals surface area (Å²) in [6.07, 6.45) is -4.29. The highest BCUT2D eigenvalue weighted by Gasteiger charge is 2.25. The van der Waals surface area contributed by atoms with E-state index in [-0.39, 0.29) is 31.2 Å². The van der Waals surface area contributed by atoms with Gasteiger partial charge >= 0.3 is 6.18 Å². The van der Waals surface area contributed by atoms with Gasteiger partial charge in [-0.15, -0.1) is 11.6 Å². The molecule has 0 radical (unpaired) electrons. The van der Waals surface area contributed by atoms with Crippen molar-refractivity contribution in [2.45, 2.75) is 31.9 Å². The Hall–Kier alpha value is -0.450. The molecule has 0 spiro atoms. The normalized spacial score (nSPS) is 11.4. The van der Waals surface area contributed by atoms with Crippen molar-refractivity contribution in [1.82, 2.24) is 5.32 Å². The summed E-state index contributed by atoms with van der Waals surface area (Å²) in [5.74, 6) is 0.0148. The van der Waals surface area contributed by atoms with E-state index in [1.807, 2.05) is 0 Å². The van der Waals surface area contributed by atoms with Crippen molar-refractivity contribution in [1.29, 1.82) is 0 Å². The van der Waals surface area contributed by atoms with Gasteiger partial charge in [-0.2, -0.15) is 13.2 Å². The molecule has 0 aliphatic carbocycles. The fourth-order valence-corrected chi connectivity index (χ4v) is 1.02. The average molecular weight is 232 g/mol. The first-order valence-corrected chi connectivity index (χ1v) is 4.88. The first-order valence-electron chi connectivity index (χ1n) is 4.35. The van der Waals surface area contributed by atoms with E-state index in [1.165, 1.54) is 0 Å². The molecule has 14 heavy (non-hydrogen) atoms. The summed E-state index contributed by atoms with van der Waals surface area (Å²) in [6.45, 7) is 0.284. The SMILES string of the molecule is O=C(CCCl)NCCCCC(F)(F)F. The molecule has 0 heterocycles. The predicted octanol–water partition coefficient (Wildman–Crippen LogP) is 2.46. The second-order valence-electron chi connectivity index (χ2n) is 2.86. The molecule has 0 aliphatic heterocycles. The van der Waals surface area contributed by atoms with Crippen LogP contribution in [-0.4, -0.2) is 24.5 Å². The first kappa shape index (κ1) is 13.5. The van der Waals surface area contributed by atoms with E-state index < -0.39 is 12.6 Å². The van der Waals surface area contributed by atoms with Gasteiger partial charge in [0.05, 0.1) is 0 Å². The Labute approximate surface area is 85.8 Å². The number of nitrogens with one attached hydrogen (secondary N) is 1. The third-order valence-electron chi connectivity index (χ3n) is 1.53. The Morgan fingerprint density at radius 1 is 1.29 bits per heavy atom. The lowest BCUT2D eigenvalue weighted by Gasteiger charge is -2.06. The van der Waals surface area contributed by atoms with Crippen LogP contribution in [0.15, 0.2) is 0 Å². The van der Waals surface area contributed by atoms with Crippen LogP contribution >= 0.6 is 11.6 Å². The number of hydrogen-bond acceptors (Lipinski definition) is 1. The summed E-state index contributed by atoms with van der Waals surface area (Å²) in [5, 5.41) is 2.48. The predicted molar refractivity (Wildman–Crippen MR) is 48.3 cm³/mol. The minimum Gasteiger partial charge on any atom is -0.356 e. The molecule has 2 nitrogen and oxygen atoms in total. The Morgan fingerprint density at radius 3 is 2.43 bits per heavy atom. The van der Waals surface area contributed by atoms with Gasteiger partial charge in [-0.25, -0.2) is 0 Å². The van der Waals surface area contributed by atoms with E-state index >= 15 is 0 Å². The highest BCUT2D eigenvalue weighted by atomic mass is 35.5. The number of rotatable bonds is 6. The van der Waals surface area contributed by atoms with Gasteiger partial charge in [0.25, 0.3) is 0 Å². The number of halogens is 4. The molecule has 0 saturated heterocycles. The number of unbranched alkanes of at least 4 members (excludes halogenated alkanes) is 1. The lowest BCUT2D eigenvalue weighted by atomic mass is 10.2. The summed E-state index contributed by atoms with van der Waals surface area (Å²) in [6, 6.07) is 0. The van der Waals surface area contributed by atoms with Gasteiger partial charge in [0, 0.05) is 25.3 Å². The molecule has 84 valence electrons. The maximum absolute atomic E-state index is 11.7. The fraction of sp³-hybridized carbons (Fsp3) is 0.875. The topological polar surface area (TPSA) is 29.1 Å². The van der Waals surface area contributed by atoms with E-state index in [0.29, 0.717) is 6.42 Å². The zero-order valence-electron chi connectivity index (χ0n) is 7.66. The molecule has 0 unspecified atom stereocenters. The standard InChI is InChI=1S/C8H13ClF3NO/c9-5-3-7(14)13-6-2-1-4-8(10,11)12/h1-6H2,(H,13,14). The number of hydrogen-bond donors (Lipinski definition) is 1. The van der Waals surface area contributed by atoms with Gasteiger partial charge in [-0.05, 0) is 12.8 Å². The van der Waals surface area contributed by atoms with Gasteiger partial charge in [-0.1, -0.05) is 0 Å². The average Bonchev–Trinajstić information content (AvgIpc) is 2.02. The molecule has 1 amide bonds. The largest absolute Gasteiger partial charge is 0.389 e. The zero-order valence-corrected chi connectivity index (χ0v) is 8.42. The molecule has 0 saturated carbocycles. The van der Waals surface area contributed by atoms with Crippen molar-refractivity contribution in [3.63, 3.8) is 0 Å². The summed E-state index contributed by atoms with van der Waals surface area (Å²) < 4.78 is 35.0. The Kier molecular flexibility index (Phi) is 6.70. The Morgan fingerprint density at radius 2 is 1.93 bits per heavy atom. The van der Waals surface area contributed by atoms with Crippen molar-refractivity contribution in [2.75, 3.05) is 12.4 Å². The molecule has 0 bridgehead atoms. The van der Waals surface area contributed by atoms with Crippen LogP contribution in [0.1, 0.15) is 25.7 Å². The second-order valence-corrected chi connectivity index (χ2v) is 3.24. The molecule has 0 atom stereocenters. The maximum atomic E-state index is 11.7. The quantitative estimate of drug-likeness (QED) is 0.552. The molecular formula is C8H13ClF3NO. The smallest absolute Gasteiger partial charge is 0.356 e. The fourth-order valence-electron chi connectivity index (χ4n) is 0.852. The molecule has 0 aromatic heterocycles. The molecular weight excluding hydrogens is 219 g/mol. The zero-order chi connectivity index (χ0) is 11.0. The summed E-state index contributed by atoms with van der Waals surface area (Å²) in [7, 11) is 0. The van der Waals surface area contributed by atoms with E-state index in [4.69, 9.17) is 11.6 Å². The van der Waals surface area contributed by atoms with Gasteiger partial charge in [0.1, 0.15) is 0 Å². The van der Waals surface area contributed by atoms with E-state index in [0.717, 1.165) is 0 Å². The Bertz CT molecular complexity index is 172. The van der Waals surface area contributed by atoms with Crippen molar-refractivity contribution < 1.29 is 18.0 Å². The van der Waals surface area contributed by atoms with Gasteiger partial charge in [-0.3, -0.25) is 4.79 Å².